The second kappa shape index (κ2) is 16.3. The largest absolute Gasteiger partial charge is 0.379 e. The van der Waals surface area contributed by atoms with E-state index in [2.05, 4.69) is 5.32 Å². The van der Waals surface area contributed by atoms with E-state index in [1.807, 2.05) is 0 Å². The van der Waals surface area contributed by atoms with E-state index >= 15 is 0 Å². The molecule has 8 heteroatoms. The van der Waals surface area contributed by atoms with Gasteiger partial charge in [0.25, 0.3) is 0 Å². The second-order valence-corrected chi connectivity index (χ2v) is 4.46. The molecule has 0 aliphatic carbocycles. The van der Waals surface area contributed by atoms with E-state index in [0.717, 1.165) is 0 Å². The van der Waals surface area contributed by atoms with Gasteiger partial charge in [-0.2, -0.15) is 0 Å². The van der Waals surface area contributed by atoms with E-state index in [4.69, 9.17) is 24.7 Å². The van der Waals surface area contributed by atoms with Crippen molar-refractivity contribution in [1.29, 1.82) is 0 Å². The molecule has 0 saturated heterocycles. The minimum absolute atomic E-state index is 0.00905. The summed E-state index contributed by atoms with van der Waals surface area (Å²) < 4.78 is 21.0. The lowest BCUT2D eigenvalue weighted by Gasteiger charge is -2.07. The van der Waals surface area contributed by atoms with E-state index in [9.17, 15) is 9.59 Å². The molecular weight excluding hydrogens is 292 g/mol. The number of ketones is 1. The summed E-state index contributed by atoms with van der Waals surface area (Å²) in [5, 5.41) is 2.60. The summed E-state index contributed by atoms with van der Waals surface area (Å²) in [7, 11) is 0. The molecule has 0 spiro atoms. The van der Waals surface area contributed by atoms with Gasteiger partial charge in [0.1, 0.15) is 5.78 Å². The average molecular weight is 320 g/mol. The Hall–Kier alpha value is -1.06. The third-order valence-corrected chi connectivity index (χ3v) is 2.47. The molecule has 22 heavy (non-hydrogen) atoms. The molecule has 1 amide bonds. The van der Waals surface area contributed by atoms with Crippen molar-refractivity contribution in [1.82, 2.24) is 5.32 Å². The quantitative estimate of drug-likeness (QED) is 0.355. The van der Waals surface area contributed by atoms with Crippen molar-refractivity contribution in [2.75, 3.05) is 65.9 Å². The number of hydrogen-bond acceptors (Lipinski definition) is 7. The first-order valence-corrected chi connectivity index (χ1v) is 7.44. The summed E-state index contributed by atoms with van der Waals surface area (Å²) >= 11 is 0. The topological polar surface area (TPSA) is 109 Å². The summed E-state index contributed by atoms with van der Waals surface area (Å²) in [5.41, 5.74) is 5.13. The molecule has 0 aromatic carbocycles. The highest BCUT2D eigenvalue weighted by atomic mass is 16.6. The molecule has 0 bridgehead atoms. The molecule has 0 atom stereocenters. The number of carbonyl (C=O) groups is 2. The third-order valence-electron chi connectivity index (χ3n) is 2.47. The SMILES string of the molecule is CC(=O)CCOCCOCCOCCOCCNC(=O)CN. The molecule has 0 aliphatic heterocycles. The Morgan fingerprint density at radius 1 is 0.818 bits per heavy atom. The highest BCUT2D eigenvalue weighted by Gasteiger charge is 1.96. The van der Waals surface area contributed by atoms with Gasteiger partial charge in [0.15, 0.2) is 0 Å². The van der Waals surface area contributed by atoms with Crippen LogP contribution in [0.15, 0.2) is 0 Å². The van der Waals surface area contributed by atoms with Gasteiger partial charge in [-0.15, -0.1) is 0 Å². The van der Waals surface area contributed by atoms with Gasteiger partial charge in [-0.05, 0) is 6.92 Å². The van der Waals surface area contributed by atoms with Gasteiger partial charge in [0.05, 0.1) is 59.4 Å². The van der Waals surface area contributed by atoms with E-state index < -0.39 is 0 Å². The Labute approximate surface area is 131 Å². The molecule has 0 aliphatic rings. The lowest BCUT2D eigenvalue weighted by atomic mass is 10.3. The highest BCUT2D eigenvalue weighted by molar-refractivity contribution is 5.77. The Bertz CT molecular complexity index is 289. The molecule has 0 aromatic heterocycles. The van der Waals surface area contributed by atoms with Crippen LogP contribution in [0, 0.1) is 0 Å². The van der Waals surface area contributed by atoms with Gasteiger partial charge >= 0.3 is 0 Å². The maximum Gasteiger partial charge on any atom is 0.233 e. The van der Waals surface area contributed by atoms with Crippen LogP contribution >= 0.6 is 0 Å². The first-order chi connectivity index (χ1) is 10.7. The lowest BCUT2D eigenvalue weighted by molar-refractivity contribution is -0.120. The highest BCUT2D eigenvalue weighted by Crippen LogP contribution is 1.86. The molecule has 0 aromatic rings. The van der Waals surface area contributed by atoms with E-state index in [0.29, 0.717) is 65.8 Å². The van der Waals surface area contributed by atoms with E-state index in [1.54, 1.807) is 0 Å². The van der Waals surface area contributed by atoms with Gasteiger partial charge in [0.2, 0.25) is 5.91 Å². The molecule has 0 heterocycles. The molecule has 130 valence electrons. The number of nitrogens with two attached hydrogens (primary N) is 1. The molecule has 0 radical (unpaired) electrons. The van der Waals surface area contributed by atoms with Crippen LogP contribution in [0.3, 0.4) is 0 Å². The smallest absolute Gasteiger partial charge is 0.233 e. The second-order valence-electron chi connectivity index (χ2n) is 4.46. The number of carbonyl (C=O) groups excluding carboxylic acids is 2. The van der Waals surface area contributed by atoms with Gasteiger partial charge in [-0.1, -0.05) is 0 Å². The van der Waals surface area contributed by atoms with Crippen molar-refractivity contribution in [2.45, 2.75) is 13.3 Å². The van der Waals surface area contributed by atoms with Gasteiger partial charge < -0.3 is 30.0 Å². The standard InChI is InChI=1S/C14H28N2O6/c1-13(17)2-4-19-6-8-21-10-11-22-9-7-20-5-3-16-14(18)12-15/h2-12,15H2,1H3,(H,16,18). The third kappa shape index (κ3) is 17.0. The van der Waals surface area contributed by atoms with Gasteiger partial charge in [0, 0.05) is 13.0 Å². The summed E-state index contributed by atoms with van der Waals surface area (Å²) in [5.74, 6) is -0.0689. The zero-order valence-electron chi connectivity index (χ0n) is 13.3. The Morgan fingerprint density at radius 2 is 1.27 bits per heavy atom. The van der Waals surface area contributed by atoms with E-state index in [-0.39, 0.29) is 18.2 Å². The molecular formula is C14H28N2O6. The van der Waals surface area contributed by atoms with Crippen molar-refractivity contribution < 1.29 is 28.5 Å². The number of hydrogen-bond donors (Lipinski definition) is 2. The maximum atomic E-state index is 10.8. The number of nitrogens with one attached hydrogen (secondary N) is 1. The van der Waals surface area contributed by atoms with Crippen molar-refractivity contribution in [2.24, 2.45) is 5.73 Å². The monoisotopic (exact) mass is 320 g/mol. The Kier molecular flexibility index (Phi) is 15.5. The van der Waals surface area contributed by atoms with Gasteiger partial charge in [-0.3, -0.25) is 9.59 Å². The minimum atomic E-state index is -0.192. The normalized spacial score (nSPS) is 10.6. The number of Topliss-reactive ketones (excluding diaryl/α,β-unsaturated/α-hetero) is 1. The fourth-order valence-corrected chi connectivity index (χ4v) is 1.31. The van der Waals surface area contributed by atoms with Crippen molar-refractivity contribution in [3.8, 4) is 0 Å². The van der Waals surface area contributed by atoms with Crippen LogP contribution in [0.4, 0.5) is 0 Å². The average Bonchev–Trinajstić information content (AvgIpc) is 2.50. The van der Waals surface area contributed by atoms with Crippen LogP contribution in [0.2, 0.25) is 0 Å². The van der Waals surface area contributed by atoms with Crippen LogP contribution in [-0.2, 0) is 28.5 Å². The molecule has 0 fully saturated rings. The molecule has 0 saturated carbocycles. The van der Waals surface area contributed by atoms with Crippen molar-refractivity contribution in [3.63, 3.8) is 0 Å². The van der Waals surface area contributed by atoms with Crippen molar-refractivity contribution >= 4 is 11.7 Å². The summed E-state index contributed by atoms with van der Waals surface area (Å²) in [4.78, 5) is 21.5. The van der Waals surface area contributed by atoms with Crippen LogP contribution in [0.25, 0.3) is 0 Å². The zero-order chi connectivity index (χ0) is 16.5. The van der Waals surface area contributed by atoms with Crippen LogP contribution in [0.1, 0.15) is 13.3 Å². The molecule has 3 N–H and O–H groups in total. The predicted molar refractivity (Wildman–Crippen MR) is 80.6 cm³/mol. The Morgan fingerprint density at radius 3 is 1.73 bits per heavy atom. The number of rotatable bonds is 16. The van der Waals surface area contributed by atoms with Crippen molar-refractivity contribution in [3.05, 3.63) is 0 Å². The maximum absolute atomic E-state index is 10.8. The molecule has 8 nitrogen and oxygen atoms in total. The van der Waals surface area contributed by atoms with E-state index in [1.165, 1.54) is 6.92 Å². The summed E-state index contributed by atoms with van der Waals surface area (Å²) in [6.07, 6.45) is 0.443. The summed E-state index contributed by atoms with van der Waals surface area (Å²) in [6.45, 7) is 5.73. The number of amides is 1. The van der Waals surface area contributed by atoms with Gasteiger partial charge in [-0.25, -0.2) is 0 Å². The molecule has 0 unspecified atom stereocenters. The number of ether oxygens (including phenoxy) is 4. The first kappa shape index (κ1) is 20.9. The van der Waals surface area contributed by atoms with Crippen LogP contribution in [-0.4, -0.2) is 77.6 Å². The lowest BCUT2D eigenvalue weighted by Crippen LogP contribution is -2.32. The van der Waals surface area contributed by atoms with Crippen LogP contribution in [0.5, 0.6) is 0 Å². The molecule has 0 rings (SSSR count). The summed E-state index contributed by atoms with van der Waals surface area (Å²) in [6, 6.07) is 0. The van der Waals surface area contributed by atoms with Crippen LogP contribution < -0.4 is 11.1 Å². The minimum Gasteiger partial charge on any atom is -0.379 e. The fourth-order valence-electron chi connectivity index (χ4n) is 1.31. The predicted octanol–water partition coefficient (Wildman–Crippen LogP) is -0.893. The first-order valence-electron chi connectivity index (χ1n) is 7.44. The Balaban J connectivity index is 3.02. The zero-order valence-corrected chi connectivity index (χ0v) is 13.3. The fraction of sp³-hybridized carbons (Fsp3) is 0.857.